The van der Waals surface area contributed by atoms with Crippen LogP contribution in [0.3, 0.4) is 0 Å². The molecule has 1 aromatic heterocycles. The summed E-state index contributed by atoms with van der Waals surface area (Å²) in [6.07, 6.45) is 1.44. The number of benzene rings is 1. The fourth-order valence-electron chi connectivity index (χ4n) is 1.87. The maximum Gasteiger partial charge on any atom is 0.319 e. The predicted molar refractivity (Wildman–Crippen MR) is 79.6 cm³/mol. The number of hydrogen-bond donors (Lipinski definition) is 2. The lowest BCUT2D eigenvalue weighted by atomic mass is 10.3. The summed E-state index contributed by atoms with van der Waals surface area (Å²) in [6.45, 7) is 1.82. The summed E-state index contributed by atoms with van der Waals surface area (Å²) in [5.41, 5.74) is 0.573. The van der Waals surface area contributed by atoms with Gasteiger partial charge in [-0.1, -0.05) is 11.6 Å². The van der Waals surface area contributed by atoms with E-state index in [-0.39, 0.29) is 12.1 Å². The molecule has 1 aromatic carbocycles. The van der Waals surface area contributed by atoms with Crippen LogP contribution in [-0.4, -0.2) is 27.9 Å². The molecule has 0 aliphatic heterocycles. The molecular formula is C13H16ClN5O2. The second-order valence-corrected chi connectivity index (χ2v) is 4.82. The number of rotatable bonds is 4. The van der Waals surface area contributed by atoms with Gasteiger partial charge in [0.1, 0.15) is 17.9 Å². The lowest BCUT2D eigenvalue weighted by Gasteiger charge is -2.14. The van der Waals surface area contributed by atoms with Gasteiger partial charge in [-0.25, -0.2) is 9.78 Å². The van der Waals surface area contributed by atoms with E-state index in [9.17, 15) is 4.79 Å². The lowest BCUT2D eigenvalue weighted by molar-refractivity contribution is 0.248. The molecule has 112 valence electrons. The first-order chi connectivity index (χ1) is 10.0. The average molecular weight is 310 g/mol. The molecule has 0 aliphatic carbocycles. The van der Waals surface area contributed by atoms with Crippen LogP contribution in [0.1, 0.15) is 18.8 Å². The van der Waals surface area contributed by atoms with Gasteiger partial charge in [-0.05, 0) is 25.1 Å². The number of aromatic nitrogens is 3. The Morgan fingerprint density at radius 1 is 1.48 bits per heavy atom. The number of aryl methyl sites for hydroxylation is 1. The summed E-state index contributed by atoms with van der Waals surface area (Å²) >= 11 is 6.00. The summed E-state index contributed by atoms with van der Waals surface area (Å²) in [5.74, 6) is 1.22. The van der Waals surface area contributed by atoms with Gasteiger partial charge in [-0.2, -0.15) is 5.10 Å². The van der Waals surface area contributed by atoms with Crippen molar-refractivity contribution in [3.05, 3.63) is 35.4 Å². The molecule has 0 aliphatic rings. The normalized spacial score (nSPS) is 11.8. The highest BCUT2D eigenvalue weighted by Gasteiger charge is 2.14. The Kier molecular flexibility index (Phi) is 4.64. The lowest BCUT2D eigenvalue weighted by Crippen LogP contribution is -2.32. The van der Waals surface area contributed by atoms with Gasteiger partial charge in [-0.3, -0.25) is 4.68 Å². The van der Waals surface area contributed by atoms with E-state index in [1.165, 1.54) is 13.4 Å². The second-order valence-electron chi connectivity index (χ2n) is 4.41. The maximum atomic E-state index is 11.9. The summed E-state index contributed by atoms with van der Waals surface area (Å²) in [5, 5.41) is 9.86. The number of urea groups is 1. The molecule has 1 heterocycles. The Labute approximate surface area is 127 Å². The van der Waals surface area contributed by atoms with Gasteiger partial charge in [0.25, 0.3) is 0 Å². The van der Waals surface area contributed by atoms with Crippen molar-refractivity contribution in [1.82, 2.24) is 20.1 Å². The smallest absolute Gasteiger partial charge is 0.319 e. The number of carbonyl (C=O) groups is 1. The third kappa shape index (κ3) is 3.63. The highest BCUT2D eigenvalue weighted by Crippen LogP contribution is 2.27. The molecule has 0 bridgehead atoms. The van der Waals surface area contributed by atoms with Crippen LogP contribution in [-0.2, 0) is 7.05 Å². The van der Waals surface area contributed by atoms with E-state index < -0.39 is 0 Å². The number of anilines is 1. The van der Waals surface area contributed by atoms with Crippen LogP contribution >= 0.6 is 11.6 Å². The largest absolute Gasteiger partial charge is 0.495 e. The monoisotopic (exact) mass is 309 g/mol. The quantitative estimate of drug-likeness (QED) is 0.908. The molecule has 0 fully saturated rings. The standard InChI is InChI=1S/C13H16ClN5O2/c1-8(12-15-7-16-19(12)2)17-13(20)18-9-4-5-11(21-3)10(14)6-9/h4-8H,1-3H3,(H2,17,18,20)/t8-/m0/s1. The minimum atomic E-state index is -0.355. The van der Waals surface area contributed by atoms with E-state index in [1.54, 1.807) is 29.9 Å². The fourth-order valence-corrected chi connectivity index (χ4v) is 2.13. The van der Waals surface area contributed by atoms with E-state index in [1.807, 2.05) is 6.92 Å². The zero-order chi connectivity index (χ0) is 15.4. The molecule has 2 aromatic rings. The molecule has 2 rings (SSSR count). The zero-order valence-electron chi connectivity index (χ0n) is 11.9. The SMILES string of the molecule is COc1ccc(NC(=O)N[C@@H](C)c2ncnn2C)cc1Cl. The van der Waals surface area contributed by atoms with Gasteiger partial charge in [0.2, 0.25) is 0 Å². The number of hydrogen-bond acceptors (Lipinski definition) is 4. The van der Waals surface area contributed by atoms with Crippen molar-refractivity contribution in [2.75, 3.05) is 12.4 Å². The first kappa shape index (κ1) is 15.1. The van der Waals surface area contributed by atoms with Crippen LogP contribution in [0.4, 0.5) is 10.5 Å². The molecule has 0 radical (unpaired) electrons. The van der Waals surface area contributed by atoms with E-state index in [0.29, 0.717) is 22.3 Å². The van der Waals surface area contributed by atoms with Gasteiger partial charge >= 0.3 is 6.03 Å². The first-order valence-corrected chi connectivity index (χ1v) is 6.64. The van der Waals surface area contributed by atoms with Gasteiger partial charge in [0.05, 0.1) is 18.2 Å². The third-order valence-corrected chi connectivity index (χ3v) is 3.19. The van der Waals surface area contributed by atoms with Gasteiger partial charge < -0.3 is 15.4 Å². The zero-order valence-corrected chi connectivity index (χ0v) is 12.7. The van der Waals surface area contributed by atoms with Crippen molar-refractivity contribution in [2.45, 2.75) is 13.0 Å². The molecule has 0 spiro atoms. The Bertz CT molecular complexity index is 643. The van der Waals surface area contributed by atoms with Crippen LogP contribution < -0.4 is 15.4 Å². The third-order valence-electron chi connectivity index (χ3n) is 2.89. The van der Waals surface area contributed by atoms with Crippen molar-refractivity contribution in [2.24, 2.45) is 7.05 Å². The summed E-state index contributed by atoms with van der Waals surface area (Å²) in [4.78, 5) is 16.0. The minimum Gasteiger partial charge on any atom is -0.495 e. The number of methoxy groups -OCH3 is 1. The Hall–Kier alpha value is -2.28. The Morgan fingerprint density at radius 2 is 2.24 bits per heavy atom. The topological polar surface area (TPSA) is 81.1 Å². The van der Waals surface area contributed by atoms with Crippen molar-refractivity contribution in [1.29, 1.82) is 0 Å². The molecular weight excluding hydrogens is 294 g/mol. The number of amides is 2. The van der Waals surface area contributed by atoms with Crippen molar-refractivity contribution >= 4 is 23.3 Å². The van der Waals surface area contributed by atoms with Crippen LogP contribution in [0.25, 0.3) is 0 Å². The highest BCUT2D eigenvalue weighted by atomic mass is 35.5. The molecule has 2 N–H and O–H groups in total. The van der Waals surface area contributed by atoms with Crippen LogP contribution in [0, 0.1) is 0 Å². The van der Waals surface area contributed by atoms with E-state index in [0.717, 1.165) is 0 Å². The van der Waals surface area contributed by atoms with E-state index in [2.05, 4.69) is 20.7 Å². The number of ether oxygens (including phenoxy) is 1. The van der Waals surface area contributed by atoms with Gasteiger partial charge in [-0.15, -0.1) is 0 Å². The van der Waals surface area contributed by atoms with Crippen molar-refractivity contribution < 1.29 is 9.53 Å². The summed E-state index contributed by atoms with van der Waals surface area (Å²) in [6, 6.07) is 4.38. The number of nitrogens with one attached hydrogen (secondary N) is 2. The number of nitrogens with zero attached hydrogens (tertiary/aromatic N) is 3. The van der Waals surface area contributed by atoms with Crippen molar-refractivity contribution in [3.8, 4) is 5.75 Å². The van der Waals surface area contributed by atoms with Gasteiger partial charge in [0.15, 0.2) is 0 Å². The predicted octanol–water partition coefficient (Wildman–Crippen LogP) is 2.36. The van der Waals surface area contributed by atoms with Gasteiger partial charge in [0, 0.05) is 12.7 Å². The highest BCUT2D eigenvalue weighted by molar-refractivity contribution is 6.32. The fraction of sp³-hybridized carbons (Fsp3) is 0.308. The maximum absolute atomic E-state index is 11.9. The number of halogens is 1. The molecule has 0 saturated heterocycles. The molecule has 21 heavy (non-hydrogen) atoms. The average Bonchev–Trinajstić information content (AvgIpc) is 2.85. The molecule has 0 unspecified atom stereocenters. The Balaban J connectivity index is 1.99. The number of carbonyl (C=O) groups excluding carboxylic acids is 1. The molecule has 7 nitrogen and oxygen atoms in total. The second kappa shape index (κ2) is 6.45. The van der Waals surface area contributed by atoms with E-state index >= 15 is 0 Å². The molecule has 0 saturated carbocycles. The summed E-state index contributed by atoms with van der Waals surface area (Å²) in [7, 11) is 3.30. The molecule has 1 atom stereocenters. The Morgan fingerprint density at radius 3 is 2.81 bits per heavy atom. The van der Waals surface area contributed by atoms with E-state index in [4.69, 9.17) is 16.3 Å². The summed E-state index contributed by atoms with van der Waals surface area (Å²) < 4.78 is 6.66. The minimum absolute atomic E-state index is 0.272. The molecule has 8 heteroatoms. The van der Waals surface area contributed by atoms with Crippen LogP contribution in [0.15, 0.2) is 24.5 Å². The van der Waals surface area contributed by atoms with Crippen LogP contribution in [0.2, 0.25) is 5.02 Å². The first-order valence-electron chi connectivity index (χ1n) is 6.26. The van der Waals surface area contributed by atoms with Crippen LogP contribution in [0.5, 0.6) is 5.75 Å². The van der Waals surface area contributed by atoms with Crippen molar-refractivity contribution in [3.63, 3.8) is 0 Å². The molecule has 2 amide bonds.